The van der Waals surface area contributed by atoms with E-state index < -0.39 is 17.3 Å². The van der Waals surface area contributed by atoms with Crippen molar-refractivity contribution in [1.29, 1.82) is 0 Å². The van der Waals surface area contributed by atoms with Gasteiger partial charge in [-0.3, -0.25) is 10.2 Å². The molecular weight excluding hydrogens is 499 g/mol. The highest BCUT2D eigenvalue weighted by Crippen LogP contribution is 2.43. The van der Waals surface area contributed by atoms with Crippen LogP contribution in [0.1, 0.15) is 58.8 Å². The zero-order valence-corrected chi connectivity index (χ0v) is 21.4. The summed E-state index contributed by atoms with van der Waals surface area (Å²) in [5, 5.41) is 30.9. The van der Waals surface area contributed by atoms with E-state index in [1.807, 2.05) is 24.3 Å². The number of carboxylic acids is 1. The molecule has 3 aromatic rings. The lowest BCUT2D eigenvalue weighted by Crippen LogP contribution is -2.28. The second kappa shape index (κ2) is 9.65. The summed E-state index contributed by atoms with van der Waals surface area (Å²) in [4.78, 5) is 24.8. The van der Waals surface area contributed by atoms with E-state index in [1.165, 1.54) is 28.3 Å². The third-order valence-corrected chi connectivity index (χ3v) is 7.72. The van der Waals surface area contributed by atoms with E-state index in [0.29, 0.717) is 34.6 Å². The molecule has 6 rings (SSSR count). The van der Waals surface area contributed by atoms with Gasteiger partial charge in [-0.1, -0.05) is 12.1 Å². The number of carbonyl (C=O) groups excluding carboxylic acids is 1. The van der Waals surface area contributed by atoms with Gasteiger partial charge in [0.1, 0.15) is 17.3 Å². The minimum Gasteiger partial charge on any atom is -0.505 e. The van der Waals surface area contributed by atoms with Crippen LogP contribution in [0.25, 0.3) is 11.1 Å². The number of carbonyl (C=O) groups is 2. The number of phenols is 1. The third-order valence-electron chi connectivity index (χ3n) is 7.72. The number of hydrogen-bond donors (Lipinski definition) is 3. The van der Waals surface area contributed by atoms with E-state index in [-0.39, 0.29) is 17.4 Å². The predicted octanol–water partition coefficient (Wildman–Crippen LogP) is 5.45. The van der Waals surface area contributed by atoms with Gasteiger partial charge in [0.05, 0.1) is 17.0 Å². The fourth-order valence-electron chi connectivity index (χ4n) is 5.69. The van der Waals surface area contributed by atoms with Crippen LogP contribution in [0.3, 0.4) is 0 Å². The molecule has 39 heavy (non-hydrogen) atoms. The van der Waals surface area contributed by atoms with E-state index in [0.717, 1.165) is 55.7 Å². The van der Waals surface area contributed by atoms with Gasteiger partial charge in [0.2, 0.25) is 0 Å². The fraction of sp³-hybridized carbons (Fsp3) is 0.267. The fourth-order valence-corrected chi connectivity index (χ4v) is 5.69. The van der Waals surface area contributed by atoms with E-state index in [2.05, 4.69) is 15.6 Å². The smallest absolute Gasteiger partial charge is 0.338 e. The van der Waals surface area contributed by atoms with Gasteiger partial charge in [-0.05, 0) is 110 Å². The molecule has 3 aromatic carbocycles. The van der Waals surface area contributed by atoms with Crippen molar-refractivity contribution in [2.75, 3.05) is 10.4 Å². The molecule has 8 nitrogen and oxygen atoms in total. The van der Waals surface area contributed by atoms with Crippen LogP contribution >= 0.6 is 0 Å². The lowest BCUT2D eigenvalue weighted by Gasteiger charge is -2.22. The van der Waals surface area contributed by atoms with Gasteiger partial charge in [0, 0.05) is 5.56 Å². The van der Waals surface area contributed by atoms with Crippen LogP contribution < -0.4 is 10.4 Å². The standard InChI is InChI=1S/C30H27FN4O4/c1-16-26(29(37)35(34-16)21-11-9-17-6-4-7-18(17)13-21)32-33-27-22-8-3-2-5-19(22)14-23(28(27)36)20-10-12-25(31)24(15-20)30(38)39/h9-15,33,36H,2-8H2,1H3,(H,38,39)/b32-26-. The number of aromatic carboxylic acids is 1. The lowest BCUT2D eigenvalue weighted by atomic mass is 9.86. The maximum absolute atomic E-state index is 14.1. The summed E-state index contributed by atoms with van der Waals surface area (Å²) in [5.41, 5.74) is 9.24. The maximum atomic E-state index is 14.1. The number of nitrogens with zero attached hydrogens (tertiary/aromatic N) is 3. The number of rotatable bonds is 5. The Morgan fingerprint density at radius 3 is 2.59 bits per heavy atom. The summed E-state index contributed by atoms with van der Waals surface area (Å²) >= 11 is 0. The van der Waals surface area contributed by atoms with Crippen molar-refractivity contribution in [2.45, 2.75) is 51.9 Å². The number of aryl methyl sites for hydroxylation is 3. The van der Waals surface area contributed by atoms with Crippen LogP contribution in [-0.4, -0.2) is 33.5 Å². The number of halogens is 1. The number of aromatic hydroxyl groups is 1. The Hall–Kier alpha value is -4.53. The largest absolute Gasteiger partial charge is 0.505 e. The summed E-state index contributed by atoms with van der Waals surface area (Å²) < 4.78 is 14.1. The number of anilines is 2. The van der Waals surface area contributed by atoms with Crippen LogP contribution in [-0.2, 0) is 30.5 Å². The van der Waals surface area contributed by atoms with E-state index in [4.69, 9.17) is 0 Å². The second-order valence-electron chi connectivity index (χ2n) is 10.2. The molecule has 198 valence electrons. The van der Waals surface area contributed by atoms with E-state index >= 15 is 0 Å². The van der Waals surface area contributed by atoms with Gasteiger partial charge in [-0.2, -0.15) is 15.2 Å². The molecule has 1 aliphatic heterocycles. The Balaban J connectivity index is 1.36. The monoisotopic (exact) mass is 526 g/mol. The molecule has 1 amide bonds. The molecule has 0 saturated carbocycles. The van der Waals surface area contributed by atoms with Crippen LogP contribution in [0.4, 0.5) is 15.8 Å². The van der Waals surface area contributed by atoms with Gasteiger partial charge in [-0.15, -0.1) is 0 Å². The topological polar surface area (TPSA) is 115 Å². The Bertz CT molecular complexity index is 1610. The van der Waals surface area contributed by atoms with Crippen LogP contribution in [0.2, 0.25) is 0 Å². The molecule has 2 aliphatic carbocycles. The highest BCUT2D eigenvalue weighted by molar-refractivity contribution is 6.71. The molecule has 0 atom stereocenters. The van der Waals surface area contributed by atoms with Gasteiger partial charge in [-0.25, -0.2) is 9.18 Å². The molecule has 3 aliphatic rings. The molecule has 0 spiro atoms. The molecule has 0 unspecified atom stereocenters. The van der Waals surface area contributed by atoms with Crippen molar-refractivity contribution in [2.24, 2.45) is 10.2 Å². The number of benzene rings is 3. The molecule has 0 aromatic heterocycles. The average Bonchev–Trinajstić information content (AvgIpc) is 3.51. The first-order chi connectivity index (χ1) is 18.8. The normalized spacial score (nSPS) is 17.3. The summed E-state index contributed by atoms with van der Waals surface area (Å²) in [6.45, 7) is 1.71. The van der Waals surface area contributed by atoms with Crippen molar-refractivity contribution in [3.05, 3.63) is 76.1 Å². The van der Waals surface area contributed by atoms with Crippen molar-refractivity contribution in [3.63, 3.8) is 0 Å². The number of amides is 1. The molecule has 0 fully saturated rings. The van der Waals surface area contributed by atoms with Crippen molar-refractivity contribution < 1.29 is 24.2 Å². The van der Waals surface area contributed by atoms with Crippen LogP contribution in [0, 0.1) is 5.82 Å². The number of fused-ring (bicyclic) bond motifs is 2. The van der Waals surface area contributed by atoms with Gasteiger partial charge in [0.15, 0.2) is 5.71 Å². The van der Waals surface area contributed by atoms with Crippen molar-refractivity contribution in [1.82, 2.24) is 0 Å². The highest BCUT2D eigenvalue weighted by Gasteiger charge is 2.32. The zero-order chi connectivity index (χ0) is 27.3. The van der Waals surface area contributed by atoms with Crippen LogP contribution in [0.5, 0.6) is 5.75 Å². The number of nitrogens with one attached hydrogen (secondary N) is 1. The summed E-state index contributed by atoms with van der Waals surface area (Å²) in [5.74, 6) is -2.75. The Labute approximate surface area is 224 Å². The first-order valence-electron chi connectivity index (χ1n) is 13.1. The highest BCUT2D eigenvalue weighted by atomic mass is 19.1. The average molecular weight is 527 g/mol. The van der Waals surface area contributed by atoms with Gasteiger partial charge >= 0.3 is 11.9 Å². The first-order valence-corrected chi connectivity index (χ1v) is 13.1. The quantitative estimate of drug-likeness (QED) is 0.302. The molecule has 3 N–H and O–H groups in total. The number of hydrogen-bond acceptors (Lipinski definition) is 6. The summed E-state index contributed by atoms with van der Waals surface area (Å²) in [6.07, 6.45) is 6.52. The molecule has 1 heterocycles. The zero-order valence-electron chi connectivity index (χ0n) is 21.4. The minimum absolute atomic E-state index is 0.139. The lowest BCUT2D eigenvalue weighted by molar-refractivity contribution is -0.112. The number of hydrazone groups is 2. The number of phenolic OH excluding ortho intramolecular Hbond substituents is 1. The molecular formula is C30H27FN4O4. The second-order valence-corrected chi connectivity index (χ2v) is 10.2. The first kappa shape index (κ1) is 24.8. The van der Waals surface area contributed by atoms with E-state index in [9.17, 15) is 24.2 Å². The van der Waals surface area contributed by atoms with Gasteiger partial charge < -0.3 is 10.2 Å². The summed E-state index contributed by atoms with van der Waals surface area (Å²) in [7, 11) is 0. The van der Waals surface area contributed by atoms with Crippen molar-refractivity contribution in [3.8, 4) is 16.9 Å². The Morgan fingerprint density at radius 1 is 1.00 bits per heavy atom. The predicted molar refractivity (Wildman–Crippen MR) is 147 cm³/mol. The van der Waals surface area contributed by atoms with Crippen LogP contribution in [0.15, 0.2) is 52.7 Å². The molecule has 0 bridgehead atoms. The minimum atomic E-state index is -1.39. The Morgan fingerprint density at radius 2 is 1.77 bits per heavy atom. The van der Waals surface area contributed by atoms with Gasteiger partial charge in [0.25, 0.3) is 0 Å². The molecule has 0 saturated heterocycles. The molecule has 9 heteroatoms. The Kier molecular flexibility index (Phi) is 6.13. The number of carboxylic acid groups (broad SMARTS) is 1. The summed E-state index contributed by atoms with van der Waals surface area (Å²) in [6, 6.07) is 11.5. The van der Waals surface area contributed by atoms with Crippen molar-refractivity contribution >= 4 is 34.7 Å². The maximum Gasteiger partial charge on any atom is 0.338 e. The SMILES string of the molecule is CC1=NN(c2ccc3c(c2)CCC3)C(=O)/C1=N\Nc1c(O)c(-c2ccc(F)c(C(=O)O)c2)cc2c1CCCC2. The third kappa shape index (κ3) is 4.33. The molecule has 0 radical (unpaired) electrons. The van der Waals surface area contributed by atoms with E-state index in [1.54, 1.807) is 6.92 Å².